The van der Waals surface area contributed by atoms with Crippen LogP contribution in [0.25, 0.3) is 11.3 Å². The Balaban J connectivity index is 1.48. The van der Waals surface area contributed by atoms with E-state index in [0.29, 0.717) is 39.5 Å². The maximum atomic E-state index is 14.7. The summed E-state index contributed by atoms with van der Waals surface area (Å²) in [4.78, 5) is 13.6. The number of rotatable bonds is 5. The standard InChI is InChI=1S/C22H20F2N6OS/c1-13-7-8-25-20(26-13)28-21-27-19-16-12-30(11-14-3-5-15(31-2)6-4-14)29-17(16)9-22(23,24)10-18(19)32-21/h3-8,12H,9-11H2,1-2H3,(H,25,26,27,28). The van der Waals surface area contributed by atoms with Gasteiger partial charge in [-0.3, -0.25) is 4.68 Å². The Morgan fingerprint density at radius 2 is 1.97 bits per heavy atom. The Morgan fingerprint density at radius 3 is 2.72 bits per heavy atom. The van der Waals surface area contributed by atoms with Crippen molar-refractivity contribution >= 4 is 22.4 Å². The van der Waals surface area contributed by atoms with E-state index < -0.39 is 12.3 Å². The Labute approximate surface area is 187 Å². The van der Waals surface area contributed by atoms with Crippen molar-refractivity contribution in [2.45, 2.75) is 32.2 Å². The van der Waals surface area contributed by atoms with Crippen LogP contribution in [0.1, 0.15) is 21.8 Å². The van der Waals surface area contributed by atoms with Crippen LogP contribution in [0.4, 0.5) is 19.9 Å². The minimum atomic E-state index is -2.90. The van der Waals surface area contributed by atoms with Gasteiger partial charge in [0.15, 0.2) is 5.13 Å². The van der Waals surface area contributed by atoms with Crippen LogP contribution in [0.2, 0.25) is 0 Å². The van der Waals surface area contributed by atoms with Crippen LogP contribution in [0, 0.1) is 6.92 Å². The first kappa shape index (κ1) is 20.5. The molecule has 0 radical (unpaired) electrons. The van der Waals surface area contributed by atoms with E-state index in [9.17, 15) is 8.78 Å². The molecule has 0 saturated carbocycles. The summed E-state index contributed by atoms with van der Waals surface area (Å²) in [5.74, 6) is -1.76. The highest BCUT2D eigenvalue weighted by molar-refractivity contribution is 7.16. The van der Waals surface area contributed by atoms with Gasteiger partial charge in [0.2, 0.25) is 5.95 Å². The number of nitrogens with one attached hydrogen (secondary N) is 1. The second kappa shape index (κ2) is 7.94. The summed E-state index contributed by atoms with van der Waals surface area (Å²) in [6.07, 6.45) is 2.65. The number of alkyl halides is 2. The molecule has 3 aromatic heterocycles. The van der Waals surface area contributed by atoms with Crippen LogP contribution in [0.5, 0.6) is 5.75 Å². The molecular formula is C22H20F2N6OS. The summed E-state index contributed by atoms with van der Waals surface area (Å²) < 4.78 is 36.3. The Bertz CT molecular complexity index is 1270. The second-order valence-electron chi connectivity index (χ2n) is 7.68. The third-order valence-corrected chi connectivity index (χ3v) is 6.12. The summed E-state index contributed by atoms with van der Waals surface area (Å²) in [7, 11) is 1.61. The zero-order valence-corrected chi connectivity index (χ0v) is 18.3. The predicted molar refractivity (Wildman–Crippen MR) is 118 cm³/mol. The maximum absolute atomic E-state index is 14.7. The van der Waals surface area contributed by atoms with E-state index in [1.165, 1.54) is 11.3 Å². The first-order valence-corrected chi connectivity index (χ1v) is 10.8. The van der Waals surface area contributed by atoms with Crippen molar-refractivity contribution in [1.82, 2.24) is 24.7 Å². The molecule has 164 valence electrons. The fraction of sp³-hybridized carbons (Fsp3) is 0.273. The predicted octanol–water partition coefficient (Wildman–Crippen LogP) is 4.64. The molecule has 0 bridgehead atoms. The molecule has 32 heavy (non-hydrogen) atoms. The number of hydrogen-bond acceptors (Lipinski definition) is 7. The molecule has 0 atom stereocenters. The molecule has 0 amide bonds. The van der Waals surface area contributed by atoms with Crippen LogP contribution in [0.15, 0.2) is 42.7 Å². The lowest BCUT2D eigenvalue weighted by atomic mass is 10.1. The first-order valence-electron chi connectivity index (χ1n) is 10.0. The zero-order chi connectivity index (χ0) is 22.3. The molecule has 10 heteroatoms. The van der Waals surface area contributed by atoms with Gasteiger partial charge in [0.1, 0.15) is 5.75 Å². The molecule has 1 aromatic carbocycles. The van der Waals surface area contributed by atoms with E-state index in [4.69, 9.17) is 4.74 Å². The average molecular weight is 455 g/mol. The molecule has 3 heterocycles. The summed E-state index contributed by atoms with van der Waals surface area (Å²) >= 11 is 1.20. The van der Waals surface area contributed by atoms with Gasteiger partial charge in [-0.2, -0.15) is 5.10 Å². The summed E-state index contributed by atoms with van der Waals surface area (Å²) in [5.41, 5.74) is 3.33. The minimum Gasteiger partial charge on any atom is -0.497 e. The first-order chi connectivity index (χ1) is 15.4. The van der Waals surface area contributed by atoms with Crippen molar-refractivity contribution < 1.29 is 13.5 Å². The summed E-state index contributed by atoms with van der Waals surface area (Å²) in [6, 6.07) is 9.37. The van der Waals surface area contributed by atoms with Gasteiger partial charge in [-0.15, -0.1) is 11.3 Å². The van der Waals surface area contributed by atoms with E-state index in [1.54, 1.807) is 30.3 Å². The third-order valence-electron chi connectivity index (χ3n) is 5.15. The largest absolute Gasteiger partial charge is 0.497 e. The monoisotopic (exact) mass is 454 g/mol. The number of methoxy groups -OCH3 is 1. The number of benzene rings is 1. The van der Waals surface area contributed by atoms with Crippen molar-refractivity contribution in [3.05, 3.63) is 64.6 Å². The van der Waals surface area contributed by atoms with Gasteiger partial charge >= 0.3 is 0 Å². The normalized spacial score (nSPS) is 14.4. The lowest BCUT2D eigenvalue weighted by Crippen LogP contribution is -2.21. The SMILES string of the molecule is COc1ccc(Cn2cc3c(n2)CC(F)(F)Cc2sc(Nc4nccc(C)n4)nc2-3)cc1. The van der Waals surface area contributed by atoms with Crippen LogP contribution >= 0.6 is 11.3 Å². The van der Waals surface area contributed by atoms with Crippen LogP contribution in [0.3, 0.4) is 0 Å². The van der Waals surface area contributed by atoms with Crippen molar-refractivity contribution in [3.8, 4) is 17.0 Å². The molecule has 1 aliphatic rings. The fourth-order valence-corrected chi connectivity index (χ4v) is 4.72. The molecule has 5 rings (SSSR count). The van der Waals surface area contributed by atoms with Crippen LogP contribution < -0.4 is 10.1 Å². The van der Waals surface area contributed by atoms with Gasteiger partial charge in [-0.25, -0.2) is 23.7 Å². The van der Waals surface area contributed by atoms with Gasteiger partial charge in [0.25, 0.3) is 5.92 Å². The number of aryl methyl sites for hydroxylation is 1. The topological polar surface area (TPSA) is 77.8 Å². The molecule has 0 saturated heterocycles. The van der Waals surface area contributed by atoms with E-state index >= 15 is 0 Å². The highest BCUT2D eigenvalue weighted by Crippen LogP contribution is 2.42. The highest BCUT2D eigenvalue weighted by atomic mass is 32.1. The van der Waals surface area contributed by atoms with E-state index in [2.05, 4.69) is 25.4 Å². The Morgan fingerprint density at radius 1 is 1.16 bits per heavy atom. The minimum absolute atomic E-state index is 0.353. The van der Waals surface area contributed by atoms with Crippen molar-refractivity contribution in [2.75, 3.05) is 12.4 Å². The molecule has 1 aliphatic carbocycles. The molecule has 7 nitrogen and oxygen atoms in total. The number of nitrogens with zero attached hydrogens (tertiary/aromatic N) is 5. The number of hydrogen-bond donors (Lipinski definition) is 1. The van der Waals surface area contributed by atoms with Crippen LogP contribution in [-0.4, -0.2) is 37.8 Å². The fourth-order valence-electron chi connectivity index (χ4n) is 3.67. The van der Waals surface area contributed by atoms with Gasteiger partial charge < -0.3 is 10.1 Å². The smallest absolute Gasteiger partial charge is 0.258 e. The molecule has 1 N–H and O–H groups in total. The number of fused-ring (bicyclic) bond motifs is 3. The number of halogens is 2. The van der Waals surface area contributed by atoms with Crippen LogP contribution in [-0.2, 0) is 19.4 Å². The highest BCUT2D eigenvalue weighted by Gasteiger charge is 2.38. The van der Waals surface area contributed by atoms with Crippen molar-refractivity contribution in [3.63, 3.8) is 0 Å². The number of ether oxygens (including phenoxy) is 1. The number of anilines is 2. The van der Waals surface area contributed by atoms with Crippen molar-refractivity contribution in [2.24, 2.45) is 0 Å². The third kappa shape index (κ3) is 4.18. The molecule has 0 fully saturated rings. The zero-order valence-electron chi connectivity index (χ0n) is 17.5. The quantitative estimate of drug-likeness (QED) is 0.473. The number of aromatic nitrogens is 5. The average Bonchev–Trinajstić information content (AvgIpc) is 3.28. The van der Waals surface area contributed by atoms with Gasteiger partial charge in [0, 0.05) is 34.9 Å². The lowest BCUT2D eigenvalue weighted by molar-refractivity contribution is 0.00278. The van der Waals surface area contributed by atoms with E-state index in [0.717, 1.165) is 17.0 Å². The van der Waals surface area contributed by atoms with Crippen molar-refractivity contribution in [1.29, 1.82) is 0 Å². The summed E-state index contributed by atoms with van der Waals surface area (Å²) in [5, 5.41) is 7.99. The molecule has 0 aliphatic heterocycles. The van der Waals surface area contributed by atoms with Gasteiger partial charge in [-0.1, -0.05) is 12.1 Å². The molecule has 0 unspecified atom stereocenters. The Hall–Kier alpha value is -3.40. The van der Waals surface area contributed by atoms with E-state index in [1.807, 2.05) is 31.2 Å². The second-order valence-corrected chi connectivity index (χ2v) is 8.77. The molecule has 0 spiro atoms. The summed E-state index contributed by atoms with van der Waals surface area (Å²) in [6.45, 7) is 2.32. The van der Waals surface area contributed by atoms with Gasteiger partial charge in [0.05, 0.1) is 31.5 Å². The number of thiazole rings is 1. The molecular weight excluding hydrogens is 434 g/mol. The van der Waals surface area contributed by atoms with Gasteiger partial charge in [-0.05, 0) is 30.7 Å². The maximum Gasteiger partial charge on any atom is 0.258 e. The molecule has 4 aromatic rings. The van der Waals surface area contributed by atoms with E-state index in [-0.39, 0.29) is 6.42 Å². The lowest BCUT2D eigenvalue weighted by Gasteiger charge is -2.12. The Kier molecular flexibility index (Phi) is 5.09.